The van der Waals surface area contributed by atoms with Gasteiger partial charge in [-0.1, -0.05) is 71.8 Å². The Kier molecular flexibility index (Phi) is 6.61. The summed E-state index contributed by atoms with van der Waals surface area (Å²) in [4.78, 5) is 13.5. The van der Waals surface area contributed by atoms with Crippen LogP contribution in [0.25, 0.3) is 5.57 Å². The molecule has 0 aromatic heterocycles. The van der Waals surface area contributed by atoms with Crippen molar-refractivity contribution in [3.63, 3.8) is 0 Å². The number of rotatable bonds is 6. The minimum atomic E-state index is 0.0821. The van der Waals surface area contributed by atoms with E-state index in [-0.39, 0.29) is 12.4 Å². The lowest BCUT2D eigenvalue weighted by molar-refractivity contribution is 0.103. The van der Waals surface area contributed by atoms with Gasteiger partial charge in [0.2, 0.25) is 0 Å². The largest absolute Gasteiger partial charge is 0.396 e. The fraction of sp³-hybridized carbons (Fsp3) is 0.333. The van der Waals surface area contributed by atoms with Crippen molar-refractivity contribution in [3.05, 3.63) is 94.4 Å². The lowest BCUT2D eigenvalue weighted by Crippen LogP contribution is -2.33. The average Bonchev–Trinajstić information content (AvgIpc) is 2.80. The molecule has 30 heavy (non-hydrogen) atoms. The first-order chi connectivity index (χ1) is 14.7. The maximum Gasteiger partial charge on any atom is 0.189 e. The average molecular weight is 401 g/mol. The van der Waals surface area contributed by atoms with Crippen LogP contribution in [0.1, 0.15) is 47.2 Å². The van der Waals surface area contributed by atoms with E-state index >= 15 is 0 Å². The molecule has 2 aromatic carbocycles. The van der Waals surface area contributed by atoms with Crippen LogP contribution in [0.2, 0.25) is 0 Å². The summed E-state index contributed by atoms with van der Waals surface area (Å²) in [5.74, 6) is 1.73. The van der Waals surface area contributed by atoms with Gasteiger partial charge in [0.15, 0.2) is 5.78 Å². The molecule has 1 unspecified atom stereocenters. The molecule has 1 fully saturated rings. The number of nitrogens with one attached hydrogen (secondary N) is 1. The number of Topliss-reactive ketones (excluding diaryl/α,β-unsaturated/α-hetero) is 1. The minimum Gasteiger partial charge on any atom is -0.396 e. The van der Waals surface area contributed by atoms with Crippen LogP contribution in [0.4, 0.5) is 0 Å². The molecule has 2 aromatic rings. The van der Waals surface area contributed by atoms with E-state index in [4.69, 9.17) is 0 Å². The highest BCUT2D eigenvalue weighted by Gasteiger charge is 2.32. The van der Waals surface area contributed by atoms with Crippen molar-refractivity contribution < 1.29 is 9.90 Å². The van der Waals surface area contributed by atoms with Crippen molar-refractivity contribution in [2.24, 2.45) is 5.92 Å². The summed E-state index contributed by atoms with van der Waals surface area (Å²) in [7, 11) is 0. The van der Waals surface area contributed by atoms with E-state index in [1.165, 1.54) is 17.1 Å². The van der Waals surface area contributed by atoms with E-state index in [1.807, 2.05) is 30.3 Å². The van der Waals surface area contributed by atoms with Gasteiger partial charge in [-0.25, -0.2) is 0 Å². The number of aliphatic hydroxyl groups excluding tert-OH is 1. The molecule has 1 aliphatic heterocycles. The summed E-state index contributed by atoms with van der Waals surface area (Å²) >= 11 is 0. The molecule has 2 aliphatic rings. The van der Waals surface area contributed by atoms with Crippen molar-refractivity contribution in [2.45, 2.75) is 32.6 Å². The van der Waals surface area contributed by atoms with Gasteiger partial charge in [0.1, 0.15) is 0 Å². The smallest absolute Gasteiger partial charge is 0.189 e. The molecule has 3 heteroatoms. The minimum absolute atomic E-state index is 0.0821. The van der Waals surface area contributed by atoms with E-state index in [1.54, 1.807) is 0 Å². The zero-order valence-corrected chi connectivity index (χ0v) is 17.7. The lowest BCUT2D eigenvalue weighted by atomic mass is 9.72. The Morgan fingerprint density at radius 2 is 1.87 bits per heavy atom. The van der Waals surface area contributed by atoms with Gasteiger partial charge in [0.25, 0.3) is 0 Å². The van der Waals surface area contributed by atoms with E-state index in [2.05, 4.69) is 42.6 Å². The molecule has 0 amide bonds. The third kappa shape index (κ3) is 4.48. The Hall–Kier alpha value is -2.49. The maximum atomic E-state index is 13.5. The number of allylic oxidation sites excluding steroid dienone is 3. The molecule has 1 aliphatic carbocycles. The molecular weight excluding hydrogens is 370 g/mol. The zero-order chi connectivity index (χ0) is 20.9. The van der Waals surface area contributed by atoms with Gasteiger partial charge in [0, 0.05) is 30.2 Å². The Labute approximate surface area is 179 Å². The van der Waals surface area contributed by atoms with E-state index in [0.29, 0.717) is 18.8 Å². The van der Waals surface area contributed by atoms with Gasteiger partial charge < -0.3 is 10.4 Å². The maximum absolute atomic E-state index is 13.5. The topological polar surface area (TPSA) is 49.3 Å². The quantitative estimate of drug-likeness (QED) is 0.677. The fourth-order valence-electron chi connectivity index (χ4n) is 4.60. The van der Waals surface area contributed by atoms with Crippen molar-refractivity contribution in [3.8, 4) is 0 Å². The normalized spacial score (nSPS) is 20.2. The Bertz CT molecular complexity index is 935. The Morgan fingerprint density at radius 1 is 1.10 bits per heavy atom. The summed E-state index contributed by atoms with van der Waals surface area (Å²) in [5, 5.41) is 13.2. The second-order valence-electron chi connectivity index (χ2n) is 8.35. The first-order valence-corrected chi connectivity index (χ1v) is 11.0. The molecule has 1 atom stereocenters. The highest BCUT2D eigenvalue weighted by atomic mass is 16.3. The number of hydrogen-bond acceptors (Lipinski definition) is 3. The highest BCUT2D eigenvalue weighted by molar-refractivity contribution is 6.15. The summed E-state index contributed by atoms with van der Waals surface area (Å²) in [6, 6.07) is 18.0. The predicted molar refractivity (Wildman–Crippen MR) is 122 cm³/mol. The fourth-order valence-corrected chi connectivity index (χ4v) is 4.60. The molecule has 0 bridgehead atoms. The van der Waals surface area contributed by atoms with Crippen LogP contribution in [0.15, 0.2) is 71.8 Å². The first kappa shape index (κ1) is 20.8. The summed E-state index contributed by atoms with van der Waals surface area (Å²) < 4.78 is 0. The SMILES string of the molecule is Cc1ccc(C2=C(C(=O)c3ccccc3)C[C](CCO)C(C3CCCNC3)=C2)cc1. The number of aryl methyl sites for hydroxylation is 1. The van der Waals surface area contributed by atoms with Crippen molar-refractivity contribution in [1.82, 2.24) is 5.32 Å². The molecule has 1 radical (unpaired) electrons. The number of aliphatic hydroxyl groups is 1. The molecule has 0 spiro atoms. The Morgan fingerprint density at radius 3 is 2.53 bits per heavy atom. The van der Waals surface area contributed by atoms with E-state index in [0.717, 1.165) is 48.2 Å². The number of benzene rings is 2. The molecule has 3 nitrogen and oxygen atoms in total. The van der Waals surface area contributed by atoms with Crippen LogP contribution in [-0.4, -0.2) is 30.6 Å². The van der Waals surface area contributed by atoms with Gasteiger partial charge in [0.05, 0.1) is 0 Å². The van der Waals surface area contributed by atoms with Gasteiger partial charge in [-0.05, 0) is 56.2 Å². The lowest BCUT2D eigenvalue weighted by Gasteiger charge is -2.34. The van der Waals surface area contributed by atoms with Crippen LogP contribution in [0.5, 0.6) is 0 Å². The number of carbonyl (C=O) groups excluding carboxylic acids is 1. The first-order valence-electron chi connectivity index (χ1n) is 11.0. The molecular formula is C27H30NO2. The summed E-state index contributed by atoms with van der Waals surface area (Å²) in [5.41, 5.74) is 6.20. The van der Waals surface area contributed by atoms with Crippen molar-refractivity contribution >= 4 is 11.4 Å². The monoisotopic (exact) mass is 400 g/mol. The molecule has 1 heterocycles. The van der Waals surface area contributed by atoms with Crippen LogP contribution in [-0.2, 0) is 0 Å². The second-order valence-corrected chi connectivity index (χ2v) is 8.35. The van der Waals surface area contributed by atoms with Crippen LogP contribution >= 0.6 is 0 Å². The number of carbonyl (C=O) groups is 1. The van der Waals surface area contributed by atoms with Gasteiger partial charge >= 0.3 is 0 Å². The number of ketones is 1. The van der Waals surface area contributed by atoms with Crippen molar-refractivity contribution in [2.75, 3.05) is 19.7 Å². The molecule has 2 N–H and O–H groups in total. The standard InChI is InChI=1S/C27H30NO2/c1-19-9-11-20(12-10-19)25-17-24(23-8-5-14-28-18-23)22(13-15-29)16-26(25)27(30)21-6-3-2-4-7-21/h2-4,6-7,9-12,17,23,28-29H,5,8,13-16,18H2,1H3. The number of hydrogen-bond donors (Lipinski definition) is 2. The third-order valence-corrected chi connectivity index (χ3v) is 6.25. The second kappa shape index (κ2) is 9.55. The van der Waals surface area contributed by atoms with Gasteiger partial charge in [-0.2, -0.15) is 0 Å². The van der Waals surface area contributed by atoms with E-state index < -0.39 is 0 Å². The van der Waals surface area contributed by atoms with E-state index in [9.17, 15) is 9.90 Å². The molecule has 1 saturated heterocycles. The Balaban J connectivity index is 1.82. The van der Waals surface area contributed by atoms with Gasteiger partial charge in [-0.15, -0.1) is 0 Å². The predicted octanol–water partition coefficient (Wildman–Crippen LogP) is 4.92. The van der Waals surface area contributed by atoms with Gasteiger partial charge in [-0.3, -0.25) is 4.79 Å². The molecule has 155 valence electrons. The van der Waals surface area contributed by atoms with Crippen molar-refractivity contribution in [1.29, 1.82) is 0 Å². The molecule has 4 rings (SSSR count). The summed E-state index contributed by atoms with van der Waals surface area (Å²) in [6.07, 6.45) is 5.78. The van der Waals surface area contributed by atoms with Crippen LogP contribution in [0, 0.1) is 18.8 Å². The van der Waals surface area contributed by atoms with Crippen LogP contribution < -0.4 is 5.32 Å². The third-order valence-electron chi connectivity index (χ3n) is 6.25. The highest BCUT2D eigenvalue weighted by Crippen LogP contribution is 2.43. The zero-order valence-electron chi connectivity index (χ0n) is 17.7. The summed E-state index contributed by atoms with van der Waals surface area (Å²) in [6.45, 7) is 4.22. The van der Waals surface area contributed by atoms with Crippen LogP contribution in [0.3, 0.4) is 0 Å². The molecule has 0 saturated carbocycles. The number of piperidine rings is 1.